The molecule has 0 radical (unpaired) electrons. The number of nitrogens with one attached hydrogen (secondary N) is 1. The van der Waals surface area contributed by atoms with E-state index < -0.39 is 0 Å². The number of hydrogen-bond acceptors (Lipinski definition) is 2. The highest BCUT2D eigenvalue weighted by Crippen LogP contribution is 2.29. The minimum Gasteiger partial charge on any atom is -0.481 e. The lowest BCUT2D eigenvalue weighted by molar-refractivity contribution is 0.253. The molecule has 0 aromatic rings. The van der Waals surface area contributed by atoms with Crippen molar-refractivity contribution in [2.24, 2.45) is 11.8 Å². The molecular formula is C10H19NO. The first kappa shape index (κ1) is 9.56. The van der Waals surface area contributed by atoms with Gasteiger partial charge in [-0.3, -0.25) is 5.41 Å². The van der Waals surface area contributed by atoms with Crippen molar-refractivity contribution >= 4 is 5.90 Å². The third-order valence-corrected chi connectivity index (χ3v) is 2.61. The van der Waals surface area contributed by atoms with Crippen molar-refractivity contribution in [3.63, 3.8) is 0 Å². The van der Waals surface area contributed by atoms with Crippen LogP contribution in [0, 0.1) is 17.2 Å². The Balaban J connectivity index is 2.35. The average Bonchev–Trinajstić information content (AvgIpc) is 2.05. The van der Waals surface area contributed by atoms with Gasteiger partial charge in [0.05, 0.1) is 6.61 Å². The van der Waals surface area contributed by atoms with Crippen molar-refractivity contribution in [2.75, 3.05) is 6.61 Å². The molecule has 2 atom stereocenters. The highest BCUT2D eigenvalue weighted by atomic mass is 16.5. The van der Waals surface area contributed by atoms with Crippen molar-refractivity contribution in [3.8, 4) is 0 Å². The van der Waals surface area contributed by atoms with Gasteiger partial charge in [-0.05, 0) is 25.7 Å². The van der Waals surface area contributed by atoms with Gasteiger partial charge in [0.1, 0.15) is 0 Å². The van der Waals surface area contributed by atoms with E-state index in [2.05, 4.69) is 6.92 Å². The van der Waals surface area contributed by atoms with Gasteiger partial charge in [-0.2, -0.15) is 0 Å². The van der Waals surface area contributed by atoms with Gasteiger partial charge in [0.2, 0.25) is 0 Å². The first-order valence-electron chi connectivity index (χ1n) is 4.95. The van der Waals surface area contributed by atoms with Gasteiger partial charge in [0, 0.05) is 5.92 Å². The zero-order valence-corrected chi connectivity index (χ0v) is 8.10. The monoisotopic (exact) mass is 169 g/mol. The molecule has 1 fully saturated rings. The summed E-state index contributed by atoms with van der Waals surface area (Å²) in [5.41, 5.74) is 0. The molecule has 12 heavy (non-hydrogen) atoms. The molecular weight excluding hydrogens is 150 g/mol. The minimum absolute atomic E-state index is 0.411. The summed E-state index contributed by atoms with van der Waals surface area (Å²) in [5, 5.41) is 7.65. The predicted octanol–water partition coefficient (Wildman–Crippen LogP) is 2.83. The molecule has 0 aromatic carbocycles. The van der Waals surface area contributed by atoms with Crippen LogP contribution in [0.2, 0.25) is 0 Å². The fraction of sp³-hybridized carbons (Fsp3) is 0.900. The molecule has 2 unspecified atom stereocenters. The lowest BCUT2D eigenvalue weighted by Gasteiger charge is -2.26. The van der Waals surface area contributed by atoms with E-state index in [1.54, 1.807) is 0 Å². The van der Waals surface area contributed by atoms with Crippen LogP contribution in [0.4, 0.5) is 0 Å². The van der Waals surface area contributed by atoms with Crippen LogP contribution in [0.3, 0.4) is 0 Å². The summed E-state index contributed by atoms with van der Waals surface area (Å²) in [7, 11) is 0. The normalized spacial score (nSPS) is 29.8. The van der Waals surface area contributed by atoms with Gasteiger partial charge in [-0.1, -0.05) is 19.8 Å². The van der Waals surface area contributed by atoms with E-state index in [9.17, 15) is 0 Å². The maximum absolute atomic E-state index is 7.65. The Kier molecular flexibility index (Phi) is 3.57. The summed E-state index contributed by atoms with van der Waals surface area (Å²) < 4.78 is 5.21. The molecule has 1 rings (SSSR count). The maximum Gasteiger partial charge on any atom is 0.183 e. The van der Waals surface area contributed by atoms with Crippen molar-refractivity contribution < 1.29 is 4.74 Å². The average molecular weight is 169 g/mol. The summed E-state index contributed by atoms with van der Waals surface area (Å²) in [6, 6.07) is 0. The summed E-state index contributed by atoms with van der Waals surface area (Å²) in [4.78, 5) is 0. The Labute approximate surface area is 74.8 Å². The molecule has 0 saturated heterocycles. The highest BCUT2D eigenvalue weighted by molar-refractivity contribution is 5.75. The number of hydrogen-bond donors (Lipinski definition) is 1. The lowest BCUT2D eigenvalue weighted by atomic mass is 9.82. The summed E-state index contributed by atoms with van der Waals surface area (Å²) >= 11 is 0. The molecule has 2 nitrogen and oxygen atoms in total. The molecule has 0 spiro atoms. The second-order valence-corrected chi connectivity index (χ2v) is 3.77. The van der Waals surface area contributed by atoms with E-state index in [1.165, 1.54) is 12.8 Å². The van der Waals surface area contributed by atoms with Crippen molar-refractivity contribution in [3.05, 3.63) is 0 Å². The van der Waals surface area contributed by atoms with Crippen LogP contribution in [0.15, 0.2) is 0 Å². The Morgan fingerprint density at radius 2 is 2.25 bits per heavy atom. The Morgan fingerprint density at radius 1 is 1.50 bits per heavy atom. The van der Waals surface area contributed by atoms with Crippen LogP contribution in [-0.4, -0.2) is 12.5 Å². The maximum atomic E-state index is 7.65. The van der Waals surface area contributed by atoms with Crippen LogP contribution < -0.4 is 0 Å². The van der Waals surface area contributed by atoms with Gasteiger partial charge >= 0.3 is 0 Å². The van der Waals surface area contributed by atoms with E-state index >= 15 is 0 Å². The van der Waals surface area contributed by atoms with Crippen LogP contribution in [0.1, 0.15) is 39.5 Å². The molecule has 1 saturated carbocycles. The number of rotatable bonds is 2. The molecule has 0 aliphatic heterocycles. The minimum atomic E-state index is 0.411. The van der Waals surface area contributed by atoms with Gasteiger partial charge in [-0.15, -0.1) is 0 Å². The van der Waals surface area contributed by atoms with E-state index in [1.807, 2.05) is 6.92 Å². The highest BCUT2D eigenvalue weighted by Gasteiger charge is 2.23. The molecule has 0 aromatic heterocycles. The van der Waals surface area contributed by atoms with Crippen LogP contribution >= 0.6 is 0 Å². The Morgan fingerprint density at radius 3 is 2.83 bits per heavy atom. The van der Waals surface area contributed by atoms with Gasteiger partial charge in [0.15, 0.2) is 5.90 Å². The zero-order valence-electron chi connectivity index (χ0n) is 8.10. The molecule has 2 heteroatoms. The van der Waals surface area contributed by atoms with Crippen LogP contribution in [-0.2, 0) is 4.74 Å². The number of ether oxygens (including phenoxy) is 1. The standard InChI is InChI=1S/C10H19NO/c1-3-12-10(11)9-6-4-5-8(2)7-9/h8-9,11H,3-7H2,1-2H3. The van der Waals surface area contributed by atoms with E-state index in [0.29, 0.717) is 18.4 Å². The van der Waals surface area contributed by atoms with Crippen LogP contribution in [0.25, 0.3) is 0 Å². The third-order valence-electron chi connectivity index (χ3n) is 2.61. The summed E-state index contributed by atoms with van der Waals surface area (Å²) in [6.07, 6.45) is 4.90. The van der Waals surface area contributed by atoms with E-state index in [-0.39, 0.29) is 0 Å². The third kappa shape index (κ3) is 2.50. The van der Waals surface area contributed by atoms with Gasteiger partial charge < -0.3 is 4.74 Å². The molecule has 70 valence electrons. The van der Waals surface area contributed by atoms with Crippen LogP contribution in [0.5, 0.6) is 0 Å². The Hall–Kier alpha value is -0.530. The second kappa shape index (κ2) is 4.48. The van der Waals surface area contributed by atoms with Gasteiger partial charge in [-0.25, -0.2) is 0 Å². The molecule has 1 N–H and O–H groups in total. The fourth-order valence-electron chi connectivity index (χ4n) is 1.95. The second-order valence-electron chi connectivity index (χ2n) is 3.77. The van der Waals surface area contributed by atoms with Gasteiger partial charge in [0.25, 0.3) is 0 Å². The molecule has 0 bridgehead atoms. The predicted molar refractivity (Wildman–Crippen MR) is 50.5 cm³/mol. The molecule has 0 heterocycles. The molecule has 1 aliphatic carbocycles. The summed E-state index contributed by atoms with van der Waals surface area (Å²) in [6.45, 7) is 4.86. The van der Waals surface area contributed by atoms with Crippen molar-refractivity contribution in [1.29, 1.82) is 5.41 Å². The SMILES string of the molecule is CCOC(=N)C1CCCC(C)C1. The first-order valence-corrected chi connectivity index (χ1v) is 4.95. The molecule has 1 aliphatic rings. The Bertz CT molecular complexity index is 156. The largest absolute Gasteiger partial charge is 0.481 e. The summed E-state index contributed by atoms with van der Waals surface area (Å²) in [5.74, 6) is 1.71. The van der Waals surface area contributed by atoms with Crippen molar-refractivity contribution in [1.82, 2.24) is 0 Å². The quantitative estimate of drug-likeness (QED) is 0.500. The fourth-order valence-corrected chi connectivity index (χ4v) is 1.95. The van der Waals surface area contributed by atoms with E-state index in [4.69, 9.17) is 10.1 Å². The van der Waals surface area contributed by atoms with Crippen molar-refractivity contribution in [2.45, 2.75) is 39.5 Å². The topological polar surface area (TPSA) is 33.1 Å². The lowest BCUT2D eigenvalue weighted by Crippen LogP contribution is -2.23. The zero-order chi connectivity index (χ0) is 8.97. The smallest absolute Gasteiger partial charge is 0.183 e. The van der Waals surface area contributed by atoms with E-state index in [0.717, 1.165) is 18.8 Å². The first-order chi connectivity index (χ1) is 5.74. The molecule has 0 amide bonds.